The molecule has 8 nitrogen and oxygen atoms in total. The van der Waals surface area contributed by atoms with E-state index in [1.54, 1.807) is 0 Å². The van der Waals surface area contributed by atoms with Crippen LogP contribution in [0.4, 0.5) is 0 Å². The Bertz CT molecular complexity index is 632. The van der Waals surface area contributed by atoms with Gasteiger partial charge in [0.1, 0.15) is 0 Å². The number of aliphatic carboxylic acids is 2. The van der Waals surface area contributed by atoms with Crippen LogP contribution >= 0.6 is 0 Å². The molecule has 4 bridgehead atoms. The molecular weight excluding hydrogens is 412 g/mol. The lowest BCUT2D eigenvalue weighted by Crippen LogP contribution is -2.69. The van der Waals surface area contributed by atoms with Crippen LogP contribution in [0.25, 0.3) is 0 Å². The number of carboxylic acids is 2. The van der Waals surface area contributed by atoms with Gasteiger partial charge in [0, 0.05) is 34.0 Å². The normalized spacial score (nSPS) is 40.4. The van der Waals surface area contributed by atoms with Crippen molar-refractivity contribution in [3.63, 3.8) is 0 Å². The Labute approximate surface area is 192 Å². The van der Waals surface area contributed by atoms with E-state index in [2.05, 4.69) is 52.2 Å². The van der Waals surface area contributed by atoms with Crippen LogP contribution in [0.3, 0.4) is 0 Å². The molecule has 2 saturated carbocycles. The van der Waals surface area contributed by atoms with Crippen molar-refractivity contribution in [2.24, 2.45) is 11.8 Å². The van der Waals surface area contributed by atoms with E-state index >= 15 is 0 Å². The molecule has 0 spiro atoms. The van der Waals surface area contributed by atoms with E-state index in [1.807, 2.05) is 0 Å². The highest BCUT2D eigenvalue weighted by Crippen LogP contribution is 2.45. The standard InChI is InChI=1S/2C10H19NO.C4H6O4/c2*1-9(2)7-4-5-10(3,11-9)6-8(7)12;5-3(6)1-2-4(7)8/h2*7-8,11-12H,4-6H2,1-3H3;1-2H2,(H,5,6)(H,7,8). The van der Waals surface area contributed by atoms with Crippen molar-refractivity contribution in [1.82, 2.24) is 10.6 Å². The molecule has 8 heteroatoms. The maximum atomic E-state index is 9.86. The van der Waals surface area contributed by atoms with Gasteiger partial charge in [0.05, 0.1) is 25.0 Å². The molecule has 4 saturated heterocycles. The second-order valence-electron chi connectivity index (χ2n) is 11.9. The summed E-state index contributed by atoms with van der Waals surface area (Å²) in [6, 6.07) is 0. The minimum atomic E-state index is -1.08. The molecule has 6 N–H and O–H groups in total. The van der Waals surface area contributed by atoms with Crippen LogP contribution in [0.1, 0.15) is 92.9 Å². The van der Waals surface area contributed by atoms with Gasteiger partial charge in [0.15, 0.2) is 0 Å². The molecule has 2 aliphatic carbocycles. The molecule has 6 fully saturated rings. The van der Waals surface area contributed by atoms with Crippen molar-refractivity contribution in [3.05, 3.63) is 0 Å². The first-order chi connectivity index (χ1) is 14.5. The quantitative estimate of drug-likeness (QED) is 0.381. The largest absolute Gasteiger partial charge is 0.481 e. The molecule has 4 aliphatic heterocycles. The van der Waals surface area contributed by atoms with Crippen molar-refractivity contribution < 1.29 is 30.0 Å². The summed E-state index contributed by atoms with van der Waals surface area (Å²) in [5.41, 5.74) is 0.644. The van der Waals surface area contributed by atoms with Gasteiger partial charge in [0.2, 0.25) is 0 Å². The lowest BCUT2D eigenvalue weighted by atomic mass is 9.63. The fourth-order valence-electron chi connectivity index (χ4n) is 6.61. The number of aliphatic hydroxyl groups is 2. The average Bonchev–Trinajstić information content (AvgIpc) is 2.57. The lowest BCUT2D eigenvalue weighted by Gasteiger charge is -2.57. The van der Waals surface area contributed by atoms with Crippen molar-refractivity contribution in [2.45, 2.75) is 127 Å². The summed E-state index contributed by atoms with van der Waals surface area (Å²) in [6.07, 6.45) is 5.90. The first kappa shape index (κ1) is 27.0. The molecule has 6 unspecified atom stereocenters. The van der Waals surface area contributed by atoms with Gasteiger partial charge in [-0.15, -0.1) is 0 Å². The number of carbonyl (C=O) groups is 2. The number of fused-ring (bicyclic) bond motifs is 6. The first-order valence-electron chi connectivity index (χ1n) is 11.9. The second kappa shape index (κ2) is 9.57. The van der Waals surface area contributed by atoms with E-state index in [0.29, 0.717) is 11.8 Å². The minimum absolute atomic E-state index is 0.0833. The van der Waals surface area contributed by atoms with Crippen molar-refractivity contribution in [2.75, 3.05) is 0 Å². The van der Waals surface area contributed by atoms with Crippen molar-refractivity contribution in [3.8, 4) is 0 Å². The number of nitrogens with one attached hydrogen (secondary N) is 2. The van der Waals surface area contributed by atoms with E-state index in [-0.39, 0.29) is 47.2 Å². The van der Waals surface area contributed by atoms with E-state index in [1.165, 1.54) is 25.7 Å². The number of piperidine rings is 4. The summed E-state index contributed by atoms with van der Waals surface area (Å²) in [7, 11) is 0. The summed E-state index contributed by atoms with van der Waals surface area (Å²) in [5, 5.41) is 42.8. The Morgan fingerprint density at radius 1 is 0.719 bits per heavy atom. The Balaban J connectivity index is 0.000000175. The van der Waals surface area contributed by atoms with Crippen LogP contribution in [-0.2, 0) is 9.59 Å². The molecule has 0 aromatic heterocycles. The number of hydrogen-bond donors (Lipinski definition) is 6. The smallest absolute Gasteiger partial charge is 0.303 e. The molecule has 186 valence electrons. The second-order valence-corrected chi connectivity index (χ2v) is 11.9. The molecule has 0 amide bonds. The third kappa shape index (κ3) is 6.65. The SMILES string of the molecule is CC12CCC(C(O)C1)C(C)(C)N2.CC12CCC(C(O)C1)C(C)(C)N2.O=C(O)CCC(=O)O. The van der Waals surface area contributed by atoms with Gasteiger partial charge in [-0.1, -0.05) is 0 Å². The molecular formula is C24H44N2O6. The molecule has 6 atom stereocenters. The molecule has 0 radical (unpaired) electrons. The van der Waals surface area contributed by atoms with Crippen LogP contribution in [0, 0.1) is 11.8 Å². The van der Waals surface area contributed by atoms with E-state index in [9.17, 15) is 19.8 Å². The predicted octanol–water partition coefficient (Wildman–Crippen LogP) is 2.51. The highest BCUT2D eigenvalue weighted by atomic mass is 16.4. The zero-order chi connectivity index (χ0) is 24.5. The molecule has 6 rings (SSSR count). The van der Waals surface area contributed by atoms with Crippen LogP contribution in [0.5, 0.6) is 0 Å². The van der Waals surface area contributed by atoms with Gasteiger partial charge >= 0.3 is 11.9 Å². The van der Waals surface area contributed by atoms with Crippen LogP contribution in [0.15, 0.2) is 0 Å². The van der Waals surface area contributed by atoms with Gasteiger partial charge in [-0.25, -0.2) is 0 Å². The maximum Gasteiger partial charge on any atom is 0.303 e. The van der Waals surface area contributed by atoms with E-state index in [0.717, 1.165) is 12.8 Å². The van der Waals surface area contributed by atoms with Gasteiger partial charge in [-0.3, -0.25) is 9.59 Å². The van der Waals surface area contributed by atoms with Crippen LogP contribution < -0.4 is 10.6 Å². The monoisotopic (exact) mass is 456 g/mol. The van der Waals surface area contributed by atoms with Gasteiger partial charge in [-0.2, -0.15) is 0 Å². The minimum Gasteiger partial charge on any atom is -0.481 e. The topological polar surface area (TPSA) is 139 Å². The van der Waals surface area contributed by atoms with E-state index < -0.39 is 11.9 Å². The molecule has 0 aromatic rings. The Hall–Kier alpha value is -1.22. The fourth-order valence-corrected chi connectivity index (χ4v) is 6.61. The summed E-state index contributed by atoms with van der Waals surface area (Å²) in [6.45, 7) is 13.3. The van der Waals surface area contributed by atoms with Crippen molar-refractivity contribution >= 4 is 11.9 Å². The Morgan fingerprint density at radius 3 is 1.22 bits per heavy atom. The number of carboxylic acid groups (broad SMARTS) is 2. The van der Waals surface area contributed by atoms with Crippen LogP contribution in [-0.4, -0.2) is 66.7 Å². The summed E-state index contributed by atoms with van der Waals surface area (Å²) in [5.74, 6) is -1.24. The third-order valence-corrected chi connectivity index (χ3v) is 7.92. The van der Waals surface area contributed by atoms with Gasteiger partial charge in [0.25, 0.3) is 0 Å². The number of rotatable bonds is 3. The Morgan fingerprint density at radius 2 is 1.03 bits per heavy atom. The molecule has 4 heterocycles. The van der Waals surface area contributed by atoms with Crippen molar-refractivity contribution in [1.29, 1.82) is 0 Å². The zero-order valence-corrected chi connectivity index (χ0v) is 20.6. The third-order valence-electron chi connectivity index (χ3n) is 7.92. The molecule has 0 aromatic carbocycles. The number of hydrogen-bond acceptors (Lipinski definition) is 6. The summed E-state index contributed by atoms with van der Waals surface area (Å²) in [4.78, 5) is 19.3. The average molecular weight is 457 g/mol. The van der Waals surface area contributed by atoms with E-state index in [4.69, 9.17) is 10.2 Å². The summed E-state index contributed by atoms with van der Waals surface area (Å²) >= 11 is 0. The maximum absolute atomic E-state index is 9.86. The fraction of sp³-hybridized carbons (Fsp3) is 0.917. The highest BCUT2D eigenvalue weighted by Gasteiger charge is 2.52. The first-order valence-corrected chi connectivity index (χ1v) is 11.9. The zero-order valence-electron chi connectivity index (χ0n) is 20.6. The Kier molecular flexibility index (Phi) is 8.08. The highest BCUT2D eigenvalue weighted by molar-refractivity contribution is 5.75. The number of aliphatic hydroxyl groups excluding tert-OH is 2. The predicted molar refractivity (Wildman–Crippen MR) is 122 cm³/mol. The summed E-state index contributed by atoms with van der Waals surface area (Å²) < 4.78 is 0. The van der Waals surface area contributed by atoms with Crippen LogP contribution in [0.2, 0.25) is 0 Å². The van der Waals surface area contributed by atoms with Gasteiger partial charge in [-0.05, 0) is 80.1 Å². The molecule has 6 aliphatic rings. The lowest BCUT2D eigenvalue weighted by molar-refractivity contribution is -0.143. The molecule has 32 heavy (non-hydrogen) atoms. The van der Waals surface area contributed by atoms with Gasteiger partial charge < -0.3 is 31.1 Å².